The van der Waals surface area contributed by atoms with Crippen LogP contribution in [0.1, 0.15) is 5.56 Å². The second-order valence-corrected chi connectivity index (χ2v) is 9.24. The number of hydrogen-bond acceptors (Lipinski definition) is 3. The normalized spacial score (nSPS) is 11.5. The van der Waals surface area contributed by atoms with Gasteiger partial charge in [0.25, 0.3) is 0 Å². The number of carbonyl (C=O) groups is 1. The molecule has 0 saturated carbocycles. The summed E-state index contributed by atoms with van der Waals surface area (Å²) in [4.78, 5) is 12.5. The third kappa shape index (κ3) is 5.50. The lowest BCUT2D eigenvalue weighted by molar-refractivity contribution is -0.116. The van der Waals surface area contributed by atoms with E-state index >= 15 is 0 Å². The molecule has 5 nitrogen and oxygen atoms in total. The van der Waals surface area contributed by atoms with Crippen LogP contribution in [-0.2, 0) is 21.4 Å². The van der Waals surface area contributed by atoms with Crippen LogP contribution in [0.15, 0.2) is 82.2 Å². The zero-order chi connectivity index (χ0) is 21.7. The number of benzene rings is 3. The SMILES string of the molecule is O=C(CN(Cc1ccccc1)S(=O)(=O)c1ccc(Br)cc1)Nc1ccc(F)cc1F. The van der Waals surface area contributed by atoms with Crippen molar-refractivity contribution >= 4 is 37.5 Å². The molecule has 0 bridgehead atoms. The van der Waals surface area contributed by atoms with Gasteiger partial charge in [-0.1, -0.05) is 46.3 Å². The Morgan fingerprint density at radius 2 is 1.63 bits per heavy atom. The Morgan fingerprint density at radius 3 is 2.27 bits per heavy atom. The molecule has 0 aliphatic rings. The van der Waals surface area contributed by atoms with Crippen LogP contribution in [0.2, 0.25) is 0 Å². The fourth-order valence-corrected chi connectivity index (χ4v) is 4.36. The Balaban J connectivity index is 1.87. The topological polar surface area (TPSA) is 66.5 Å². The molecule has 0 heterocycles. The predicted molar refractivity (Wildman–Crippen MR) is 113 cm³/mol. The standard InChI is InChI=1S/C21H17BrF2N2O3S/c22-16-6-9-18(10-7-16)30(28,29)26(13-15-4-2-1-3-5-15)14-21(27)25-20-11-8-17(23)12-19(20)24/h1-12H,13-14H2,(H,25,27). The van der Waals surface area contributed by atoms with Crippen molar-refractivity contribution < 1.29 is 22.0 Å². The van der Waals surface area contributed by atoms with E-state index < -0.39 is 34.1 Å². The second kappa shape index (κ2) is 9.46. The van der Waals surface area contributed by atoms with Gasteiger partial charge in [-0.25, -0.2) is 17.2 Å². The van der Waals surface area contributed by atoms with Crippen LogP contribution in [0.25, 0.3) is 0 Å². The van der Waals surface area contributed by atoms with Crippen LogP contribution in [-0.4, -0.2) is 25.2 Å². The molecule has 0 aromatic heterocycles. The zero-order valence-electron chi connectivity index (χ0n) is 15.6. The van der Waals surface area contributed by atoms with Crippen LogP contribution in [0.4, 0.5) is 14.5 Å². The quantitative estimate of drug-likeness (QED) is 0.523. The average Bonchev–Trinajstić information content (AvgIpc) is 2.71. The summed E-state index contributed by atoms with van der Waals surface area (Å²) in [5, 5.41) is 2.29. The molecule has 9 heteroatoms. The van der Waals surface area contributed by atoms with Crippen molar-refractivity contribution in [3.63, 3.8) is 0 Å². The van der Waals surface area contributed by atoms with Gasteiger partial charge in [-0.3, -0.25) is 4.79 Å². The second-order valence-electron chi connectivity index (χ2n) is 6.38. The Kier molecular flexibility index (Phi) is 6.96. The number of hydrogen-bond donors (Lipinski definition) is 1. The third-order valence-electron chi connectivity index (χ3n) is 4.18. The third-order valence-corrected chi connectivity index (χ3v) is 6.51. The van der Waals surface area contributed by atoms with E-state index in [-0.39, 0.29) is 17.1 Å². The lowest BCUT2D eigenvalue weighted by atomic mass is 10.2. The van der Waals surface area contributed by atoms with Crippen molar-refractivity contribution in [3.05, 3.63) is 94.5 Å². The van der Waals surface area contributed by atoms with E-state index in [1.165, 1.54) is 12.1 Å². The van der Waals surface area contributed by atoms with Crippen LogP contribution in [0, 0.1) is 11.6 Å². The van der Waals surface area contributed by atoms with E-state index in [1.807, 2.05) is 0 Å². The molecule has 3 aromatic rings. The van der Waals surface area contributed by atoms with Gasteiger partial charge in [0.1, 0.15) is 11.6 Å². The Bertz CT molecular complexity index is 1140. The Morgan fingerprint density at radius 1 is 0.967 bits per heavy atom. The smallest absolute Gasteiger partial charge is 0.243 e. The average molecular weight is 495 g/mol. The first kappa shape index (κ1) is 22.1. The molecule has 1 N–H and O–H groups in total. The highest BCUT2D eigenvalue weighted by Gasteiger charge is 2.27. The highest BCUT2D eigenvalue weighted by atomic mass is 79.9. The minimum atomic E-state index is -4.02. The van der Waals surface area contributed by atoms with E-state index in [0.29, 0.717) is 16.1 Å². The summed E-state index contributed by atoms with van der Waals surface area (Å²) in [6.45, 7) is -0.608. The highest BCUT2D eigenvalue weighted by Crippen LogP contribution is 2.21. The molecule has 0 unspecified atom stereocenters. The van der Waals surface area contributed by atoms with E-state index in [1.54, 1.807) is 42.5 Å². The zero-order valence-corrected chi connectivity index (χ0v) is 18.0. The van der Waals surface area contributed by atoms with Crippen molar-refractivity contribution in [1.82, 2.24) is 4.31 Å². The number of nitrogens with one attached hydrogen (secondary N) is 1. The fourth-order valence-electron chi connectivity index (χ4n) is 2.71. The van der Waals surface area contributed by atoms with Gasteiger partial charge in [-0.05, 0) is 42.0 Å². The highest BCUT2D eigenvalue weighted by molar-refractivity contribution is 9.10. The number of halogens is 3. The maximum Gasteiger partial charge on any atom is 0.243 e. The van der Waals surface area contributed by atoms with Gasteiger partial charge in [0.05, 0.1) is 17.1 Å². The molecular weight excluding hydrogens is 478 g/mol. The molecule has 156 valence electrons. The lowest BCUT2D eigenvalue weighted by Crippen LogP contribution is -2.37. The summed E-state index contributed by atoms with van der Waals surface area (Å²) in [5.41, 5.74) is 0.445. The monoisotopic (exact) mass is 494 g/mol. The van der Waals surface area contributed by atoms with Crippen LogP contribution in [0.3, 0.4) is 0 Å². The number of sulfonamides is 1. The molecule has 0 saturated heterocycles. The van der Waals surface area contributed by atoms with Crippen molar-refractivity contribution in [2.24, 2.45) is 0 Å². The van der Waals surface area contributed by atoms with Crippen molar-refractivity contribution in [2.45, 2.75) is 11.4 Å². The summed E-state index contributed by atoms with van der Waals surface area (Å²) in [6, 6.07) is 17.5. The summed E-state index contributed by atoms with van der Waals surface area (Å²) in [5.74, 6) is -2.49. The maximum atomic E-state index is 13.8. The lowest BCUT2D eigenvalue weighted by Gasteiger charge is -2.22. The van der Waals surface area contributed by atoms with E-state index in [4.69, 9.17) is 0 Å². The van der Waals surface area contributed by atoms with Gasteiger partial charge in [0.15, 0.2) is 0 Å². The summed E-state index contributed by atoms with van der Waals surface area (Å²) in [7, 11) is -4.02. The van der Waals surface area contributed by atoms with Crippen molar-refractivity contribution in [3.8, 4) is 0 Å². The number of nitrogens with zero attached hydrogens (tertiary/aromatic N) is 1. The molecule has 3 rings (SSSR count). The molecule has 3 aromatic carbocycles. The van der Waals surface area contributed by atoms with Crippen molar-refractivity contribution in [1.29, 1.82) is 0 Å². The van der Waals surface area contributed by atoms with Gasteiger partial charge in [-0.15, -0.1) is 0 Å². The predicted octanol–water partition coefficient (Wildman–Crippen LogP) is 4.56. The first-order valence-corrected chi connectivity index (χ1v) is 11.0. The number of anilines is 1. The summed E-state index contributed by atoms with van der Waals surface area (Å²) < 4.78 is 54.9. The minimum absolute atomic E-state index is 0.0161. The Labute approximate surface area is 181 Å². The van der Waals surface area contributed by atoms with Crippen LogP contribution >= 0.6 is 15.9 Å². The van der Waals surface area contributed by atoms with Gasteiger partial charge < -0.3 is 5.32 Å². The van der Waals surface area contributed by atoms with E-state index in [2.05, 4.69) is 21.2 Å². The van der Waals surface area contributed by atoms with Gasteiger partial charge in [-0.2, -0.15) is 4.31 Å². The summed E-state index contributed by atoms with van der Waals surface area (Å²) >= 11 is 3.26. The number of rotatable bonds is 7. The molecule has 0 spiro atoms. The molecule has 0 fully saturated rings. The number of amides is 1. The largest absolute Gasteiger partial charge is 0.322 e. The summed E-state index contributed by atoms with van der Waals surface area (Å²) in [6.07, 6.45) is 0. The molecular formula is C21H17BrF2N2O3S. The van der Waals surface area contributed by atoms with Gasteiger partial charge in [0.2, 0.25) is 15.9 Å². The molecule has 0 aliphatic heterocycles. The van der Waals surface area contributed by atoms with E-state index in [9.17, 15) is 22.0 Å². The molecule has 30 heavy (non-hydrogen) atoms. The molecule has 0 aliphatic carbocycles. The maximum absolute atomic E-state index is 13.8. The molecule has 0 atom stereocenters. The first-order chi connectivity index (χ1) is 14.3. The first-order valence-electron chi connectivity index (χ1n) is 8.80. The van der Waals surface area contributed by atoms with E-state index in [0.717, 1.165) is 16.4 Å². The minimum Gasteiger partial charge on any atom is -0.322 e. The van der Waals surface area contributed by atoms with Gasteiger partial charge in [0, 0.05) is 17.1 Å². The van der Waals surface area contributed by atoms with Crippen LogP contribution < -0.4 is 5.32 Å². The van der Waals surface area contributed by atoms with Gasteiger partial charge >= 0.3 is 0 Å². The fraction of sp³-hybridized carbons (Fsp3) is 0.0952. The van der Waals surface area contributed by atoms with Crippen LogP contribution in [0.5, 0.6) is 0 Å². The molecule has 0 radical (unpaired) electrons. The Hall–Kier alpha value is -2.62. The molecule has 1 amide bonds. The number of carbonyl (C=O) groups excluding carboxylic acids is 1. The van der Waals surface area contributed by atoms with Crippen molar-refractivity contribution in [2.75, 3.05) is 11.9 Å².